The number of likely N-dealkylation sites (tertiary alicyclic amines) is 2. The molecule has 0 aromatic heterocycles. The van der Waals surface area contributed by atoms with Gasteiger partial charge in [0.2, 0.25) is 5.91 Å². The number of aliphatic hydroxyl groups is 1. The first-order valence-electron chi connectivity index (χ1n) is 9.38. The van der Waals surface area contributed by atoms with Gasteiger partial charge in [0.05, 0.1) is 18.8 Å². The molecule has 2 heterocycles. The number of hydrogen-bond donors (Lipinski definition) is 1. The zero-order valence-corrected chi connectivity index (χ0v) is 14.7. The van der Waals surface area contributed by atoms with Crippen molar-refractivity contribution in [3.63, 3.8) is 0 Å². The van der Waals surface area contributed by atoms with E-state index >= 15 is 0 Å². The molecule has 5 heteroatoms. The summed E-state index contributed by atoms with van der Waals surface area (Å²) in [5, 5.41) is 10.3. The Morgan fingerprint density at radius 1 is 1.26 bits per heavy atom. The Labute approximate surface area is 140 Å². The molecule has 3 rings (SSSR count). The molecule has 2 saturated heterocycles. The van der Waals surface area contributed by atoms with Gasteiger partial charge in [0.25, 0.3) is 0 Å². The molecular weight excluding hydrogens is 292 g/mol. The summed E-state index contributed by atoms with van der Waals surface area (Å²) < 4.78 is 5.81. The van der Waals surface area contributed by atoms with Crippen LogP contribution < -0.4 is 0 Å². The first-order valence-corrected chi connectivity index (χ1v) is 9.38. The van der Waals surface area contributed by atoms with Gasteiger partial charge in [-0.25, -0.2) is 0 Å². The minimum atomic E-state index is -0.223. The van der Waals surface area contributed by atoms with E-state index in [1.54, 1.807) is 0 Å². The predicted octanol–water partition coefficient (Wildman–Crippen LogP) is 1.64. The van der Waals surface area contributed by atoms with Crippen LogP contribution in [-0.2, 0) is 9.53 Å². The first-order chi connectivity index (χ1) is 11.1. The van der Waals surface area contributed by atoms with Crippen molar-refractivity contribution in [1.82, 2.24) is 9.80 Å². The zero-order chi connectivity index (χ0) is 16.4. The monoisotopic (exact) mass is 324 g/mol. The third-order valence-electron chi connectivity index (χ3n) is 6.38. The lowest BCUT2D eigenvalue weighted by molar-refractivity contribution is -0.209. The number of carbonyl (C=O) groups is 1. The average Bonchev–Trinajstić information content (AvgIpc) is 2.56. The summed E-state index contributed by atoms with van der Waals surface area (Å²) in [6.45, 7) is 8.15. The Morgan fingerprint density at radius 3 is 2.61 bits per heavy atom. The van der Waals surface area contributed by atoms with Crippen molar-refractivity contribution in [2.75, 3.05) is 32.8 Å². The molecular formula is C18H32N2O3. The predicted molar refractivity (Wildman–Crippen MR) is 89.2 cm³/mol. The van der Waals surface area contributed by atoms with E-state index < -0.39 is 0 Å². The lowest BCUT2D eigenvalue weighted by atomic mass is 9.58. The Balaban J connectivity index is 1.50. The number of nitrogens with zero attached hydrogens (tertiary/aromatic N) is 2. The number of carbonyl (C=O) groups excluding carboxylic acids is 1. The highest BCUT2D eigenvalue weighted by atomic mass is 16.5. The number of ether oxygens (including phenoxy) is 1. The van der Waals surface area contributed by atoms with Gasteiger partial charge in [-0.15, -0.1) is 0 Å². The molecule has 1 aliphatic carbocycles. The topological polar surface area (TPSA) is 53.0 Å². The summed E-state index contributed by atoms with van der Waals surface area (Å²) in [5.74, 6) is 0.281. The fraction of sp³-hybridized carbons (Fsp3) is 0.944. The normalized spacial score (nSPS) is 34.4. The molecule has 5 nitrogen and oxygen atoms in total. The standard InChI is InChI=1S/C18H32N2O3/c1-3-23-16-12-15(21)18(16)7-10-19(11-8-18)13-17(22)20-9-5-4-6-14(20)2/h14-16,21H,3-13H2,1-2H3. The lowest BCUT2D eigenvalue weighted by Gasteiger charge is -2.56. The van der Waals surface area contributed by atoms with E-state index in [1.807, 2.05) is 6.92 Å². The van der Waals surface area contributed by atoms with Gasteiger partial charge >= 0.3 is 0 Å². The molecule has 1 amide bonds. The van der Waals surface area contributed by atoms with Crippen LogP contribution in [0.25, 0.3) is 0 Å². The summed E-state index contributed by atoms with van der Waals surface area (Å²) in [6, 6.07) is 0.392. The lowest BCUT2D eigenvalue weighted by Crippen LogP contribution is -2.62. The molecule has 0 aromatic rings. The number of hydrogen-bond acceptors (Lipinski definition) is 4. The van der Waals surface area contributed by atoms with E-state index in [0.29, 0.717) is 19.2 Å². The van der Waals surface area contributed by atoms with Crippen LogP contribution in [0, 0.1) is 5.41 Å². The van der Waals surface area contributed by atoms with Crippen molar-refractivity contribution >= 4 is 5.91 Å². The van der Waals surface area contributed by atoms with Crippen molar-refractivity contribution in [2.24, 2.45) is 5.41 Å². The van der Waals surface area contributed by atoms with Gasteiger partial charge in [-0.2, -0.15) is 0 Å². The fourth-order valence-corrected chi connectivity index (χ4v) is 4.69. The second-order valence-electron chi connectivity index (χ2n) is 7.64. The molecule has 1 saturated carbocycles. The quantitative estimate of drug-likeness (QED) is 0.854. The summed E-state index contributed by atoms with van der Waals surface area (Å²) in [6.07, 6.45) is 6.18. The molecule has 1 spiro atoms. The summed E-state index contributed by atoms with van der Waals surface area (Å²) >= 11 is 0. The molecule has 23 heavy (non-hydrogen) atoms. The summed E-state index contributed by atoms with van der Waals surface area (Å²) in [5.41, 5.74) is -0.0476. The number of rotatable bonds is 4. The van der Waals surface area contributed by atoms with E-state index in [2.05, 4.69) is 16.7 Å². The third-order valence-corrected chi connectivity index (χ3v) is 6.38. The van der Waals surface area contributed by atoms with Gasteiger partial charge in [-0.05, 0) is 59.0 Å². The van der Waals surface area contributed by atoms with Crippen LogP contribution in [0.2, 0.25) is 0 Å². The third kappa shape index (κ3) is 3.28. The van der Waals surface area contributed by atoms with Crippen LogP contribution in [0.1, 0.15) is 52.4 Å². The van der Waals surface area contributed by atoms with Crippen LogP contribution in [0.4, 0.5) is 0 Å². The van der Waals surface area contributed by atoms with Crippen LogP contribution in [0.5, 0.6) is 0 Å². The molecule has 132 valence electrons. The van der Waals surface area contributed by atoms with Gasteiger partial charge in [0, 0.05) is 31.0 Å². The van der Waals surface area contributed by atoms with E-state index in [-0.39, 0.29) is 23.5 Å². The Hall–Kier alpha value is -0.650. The SMILES string of the molecule is CCOC1CC(O)C12CCN(CC(=O)N1CCCCC1C)CC2. The van der Waals surface area contributed by atoms with Crippen molar-refractivity contribution in [3.8, 4) is 0 Å². The van der Waals surface area contributed by atoms with E-state index in [0.717, 1.165) is 51.7 Å². The number of piperidine rings is 2. The molecule has 1 N–H and O–H groups in total. The molecule has 3 atom stereocenters. The maximum absolute atomic E-state index is 12.6. The summed E-state index contributed by atoms with van der Waals surface area (Å²) in [4.78, 5) is 16.9. The highest BCUT2D eigenvalue weighted by Gasteiger charge is 2.56. The minimum Gasteiger partial charge on any atom is -0.392 e. The first kappa shape index (κ1) is 17.2. The van der Waals surface area contributed by atoms with Gasteiger partial charge in [0.1, 0.15) is 0 Å². The Morgan fingerprint density at radius 2 is 2.00 bits per heavy atom. The van der Waals surface area contributed by atoms with Crippen LogP contribution in [-0.4, -0.2) is 71.8 Å². The molecule has 0 aromatic carbocycles. The van der Waals surface area contributed by atoms with Crippen molar-refractivity contribution in [3.05, 3.63) is 0 Å². The van der Waals surface area contributed by atoms with Crippen LogP contribution in [0.3, 0.4) is 0 Å². The minimum absolute atomic E-state index is 0.0476. The van der Waals surface area contributed by atoms with Gasteiger partial charge in [0.15, 0.2) is 0 Å². The Kier molecular flexibility index (Phi) is 5.29. The highest BCUT2D eigenvalue weighted by molar-refractivity contribution is 5.78. The smallest absolute Gasteiger partial charge is 0.236 e. The molecule has 3 fully saturated rings. The second-order valence-corrected chi connectivity index (χ2v) is 7.64. The second kappa shape index (κ2) is 7.08. The van der Waals surface area contributed by atoms with E-state index in [4.69, 9.17) is 4.74 Å². The maximum atomic E-state index is 12.6. The van der Waals surface area contributed by atoms with Crippen molar-refractivity contribution in [1.29, 1.82) is 0 Å². The zero-order valence-electron chi connectivity index (χ0n) is 14.7. The van der Waals surface area contributed by atoms with E-state index in [9.17, 15) is 9.90 Å². The van der Waals surface area contributed by atoms with Crippen molar-refractivity contribution < 1.29 is 14.6 Å². The number of amides is 1. The molecule has 2 aliphatic heterocycles. The largest absolute Gasteiger partial charge is 0.392 e. The number of aliphatic hydroxyl groups excluding tert-OH is 1. The van der Waals surface area contributed by atoms with Gasteiger partial charge in [-0.3, -0.25) is 9.69 Å². The summed E-state index contributed by atoms with van der Waals surface area (Å²) in [7, 11) is 0. The average molecular weight is 324 g/mol. The van der Waals surface area contributed by atoms with Gasteiger partial charge in [-0.1, -0.05) is 0 Å². The molecule has 0 radical (unpaired) electrons. The Bertz CT molecular complexity index is 418. The van der Waals surface area contributed by atoms with Crippen molar-refractivity contribution in [2.45, 2.75) is 70.6 Å². The van der Waals surface area contributed by atoms with Crippen LogP contribution in [0.15, 0.2) is 0 Å². The molecule has 3 aliphatic rings. The molecule has 3 unspecified atom stereocenters. The maximum Gasteiger partial charge on any atom is 0.236 e. The molecule has 0 bridgehead atoms. The highest BCUT2D eigenvalue weighted by Crippen LogP contribution is 2.50. The van der Waals surface area contributed by atoms with E-state index in [1.165, 1.54) is 6.42 Å². The van der Waals surface area contributed by atoms with Crippen LogP contribution >= 0.6 is 0 Å². The van der Waals surface area contributed by atoms with Gasteiger partial charge < -0.3 is 14.7 Å². The fourth-order valence-electron chi connectivity index (χ4n) is 4.69.